The standard InChI is InChI=1S/C21H32F2N2O3.C8H9Cl.C7H16S.CH5N/c1-4-24(16(3)7-15(2)10-26)9-18-6-5-17(18)8-20-27-11-19(12-28-20)25-13-21(22,23)14-25;1-6-3-4-8(9)5-7(6)2;1-4-5-6(2)7(3)8;1-2/h7,10,17-20H,3-6,8-9,11-14H2,1-2H3;3-5H,1-2H3;6-8H,4-5H2,1-3H3;2H2,1H3/b15-7+;;;. The van der Waals surface area contributed by atoms with Crippen molar-refractivity contribution in [3.63, 3.8) is 0 Å². The second-order valence-electron chi connectivity index (χ2n) is 13.1. The number of aldehydes is 1. The number of thiol groups is 1. The van der Waals surface area contributed by atoms with Gasteiger partial charge in [-0.2, -0.15) is 12.6 Å². The number of ether oxygens (including phenoxy) is 2. The molecule has 0 bridgehead atoms. The number of aryl methyl sites for hydroxylation is 2. The van der Waals surface area contributed by atoms with E-state index in [1.54, 1.807) is 11.8 Å². The summed E-state index contributed by atoms with van der Waals surface area (Å²) in [5.74, 6) is -0.679. The highest BCUT2D eigenvalue weighted by molar-refractivity contribution is 7.80. The molecule has 270 valence electrons. The molecule has 2 saturated heterocycles. The lowest BCUT2D eigenvalue weighted by atomic mass is 9.71. The molecule has 2 N–H and O–H groups in total. The van der Waals surface area contributed by atoms with E-state index >= 15 is 0 Å². The molecule has 1 aliphatic carbocycles. The van der Waals surface area contributed by atoms with Crippen molar-refractivity contribution in [3.05, 3.63) is 58.3 Å². The number of carbonyl (C=O) groups excluding carboxylic acids is 1. The van der Waals surface area contributed by atoms with Crippen molar-refractivity contribution >= 4 is 30.5 Å². The molecule has 0 spiro atoms. The van der Waals surface area contributed by atoms with Crippen LogP contribution in [0.25, 0.3) is 0 Å². The molecule has 1 saturated carbocycles. The van der Waals surface area contributed by atoms with Gasteiger partial charge in [-0.15, -0.1) is 0 Å². The van der Waals surface area contributed by atoms with E-state index in [9.17, 15) is 13.6 Å². The molecule has 1 aromatic rings. The summed E-state index contributed by atoms with van der Waals surface area (Å²) in [6, 6.07) is 5.85. The second-order valence-corrected chi connectivity index (χ2v) is 14.4. The zero-order valence-electron chi connectivity index (χ0n) is 30.1. The molecule has 10 heteroatoms. The molecule has 4 unspecified atom stereocenters. The highest BCUT2D eigenvalue weighted by Gasteiger charge is 2.47. The molecule has 0 amide bonds. The van der Waals surface area contributed by atoms with E-state index in [2.05, 4.69) is 71.4 Å². The van der Waals surface area contributed by atoms with E-state index < -0.39 is 5.92 Å². The zero-order chi connectivity index (χ0) is 35.7. The van der Waals surface area contributed by atoms with Crippen molar-refractivity contribution < 1.29 is 23.0 Å². The summed E-state index contributed by atoms with van der Waals surface area (Å²) >= 11 is 10.0. The maximum Gasteiger partial charge on any atom is 0.272 e. The highest BCUT2D eigenvalue weighted by atomic mass is 35.5. The molecule has 3 aliphatic rings. The third kappa shape index (κ3) is 15.7. The van der Waals surface area contributed by atoms with E-state index in [0.717, 1.165) is 48.9 Å². The number of carbonyl (C=O) groups is 1. The molecule has 47 heavy (non-hydrogen) atoms. The predicted molar refractivity (Wildman–Crippen MR) is 197 cm³/mol. The lowest BCUT2D eigenvalue weighted by Gasteiger charge is -2.47. The number of benzene rings is 1. The van der Waals surface area contributed by atoms with Gasteiger partial charge in [0, 0.05) is 35.5 Å². The first-order valence-electron chi connectivity index (χ1n) is 17.1. The Morgan fingerprint density at radius 3 is 2.15 bits per heavy atom. The fraction of sp³-hybridized carbons (Fsp3) is 0.703. The molecule has 2 aliphatic heterocycles. The number of halogens is 3. The zero-order valence-corrected chi connectivity index (χ0v) is 31.8. The number of allylic oxidation sites excluding steroid dienone is 2. The van der Waals surface area contributed by atoms with Crippen molar-refractivity contribution in [2.75, 3.05) is 46.4 Å². The summed E-state index contributed by atoms with van der Waals surface area (Å²) in [4.78, 5) is 14.8. The highest BCUT2D eigenvalue weighted by Crippen LogP contribution is 2.40. The normalized spacial score (nSPS) is 24.7. The largest absolute Gasteiger partial charge is 0.372 e. The number of rotatable bonds is 12. The Bertz CT molecular complexity index is 1090. The van der Waals surface area contributed by atoms with Gasteiger partial charge in [0.05, 0.1) is 32.3 Å². The van der Waals surface area contributed by atoms with Crippen molar-refractivity contribution in [1.29, 1.82) is 0 Å². The molecule has 1 aromatic carbocycles. The topological polar surface area (TPSA) is 68.0 Å². The van der Waals surface area contributed by atoms with E-state index in [1.807, 2.05) is 24.3 Å². The Hall–Kier alpha value is -1.49. The molecule has 6 nitrogen and oxygen atoms in total. The SMILES string of the molecule is C=C(/C=C(\C)C=O)N(CC)CC1CCC1CC1OCC(N2CC(F)(F)C2)CO1.CCCC(C)C(C)S.CN.Cc1ccc(Cl)cc1C. The molecule has 0 aromatic heterocycles. The van der Waals surface area contributed by atoms with E-state index in [4.69, 9.17) is 21.1 Å². The monoisotopic (exact) mass is 701 g/mol. The Balaban J connectivity index is 0.000000474. The minimum Gasteiger partial charge on any atom is -0.372 e. The van der Waals surface area contributed by atoms with Gasteiger partial charge in [0.2, 0.25) is 0 Å². The van der Waals surface area contributed by atoms with Crippen LogP contribution in [0.3, 0.4) is 0 Å². The smallest absolute Gasteiger partial charge is 0.272 e. The lowest BCUT2D eigenvalue weighted by molar-refractivity contribution is -0.241. The fourth-order valence-corrected chi connectivity index (χ4v) is 6.02. The second kappa shape index (κ2) is 22.3. The van der Waals surface area contributed by atoms with Gasteiger partial charge in [0.15, 0.2) is 6.29 Å². The van der Waals surface area contributed by atoms with Gasteiger partial charge in [-0.1, -0.05) is 51.4 Å². The Kier molecular flexibility index (Phi) is 20.6. The van der Waals surface area contributed by atoms with Crippen molar-refractivity contribution in [2.24, 2.45) is 23.5 Å². The quantitative estimate of drug-likeness (QED) is 0.0989. The summed E-state index contributed by atoms with van der Waals surface area (Å²) in [6.45, 7) is 21.1. The van der Waals surface area contributed by atoms with Crippen LogP contribution in [0.2, 0.25) is 5.02 Å². The van der Waals surface area contributed by atoms with Gasteiger partial charge in [-0.3, -0.25) is 9.69 Å². The summed E-state index contributed by atoms with van der Waals surface area (Å²) < 4.78 is 37.7. The molecular weight excluding hydrogens is 640 g/mol. The molecule has 0 radical (unpaired) electrons. The van der Waals surface area contributed by atoms with Crippen LogP contribution in [0.1, 0.15) is 77.8 Å². The van der Waals surface area contributed by atoms with Gasteiger partial charge < -0.3 is 20.1 Å². The van der Waals surface area contributed by atoms with Crippen LogP contribution in [0.4, 0.5) is 8.78 Å². The molecule has 3 fully saturated rings. The van der Waals surface area contributed by atoms with Crippen LogP contribution < -0.4 is 5.73 Å². The van der Waals surface area contributed by atoms with E-state index in [1.165, 1.54) is 37.4 Å². The van der Waals surface area contributed by atoms with Gasteiger partial charge >= 0.3 is 0 Å². The Labute approximate surface area is 294 Å². The van der Waals surface area contributed by atoms with Crippen LogP contribution in [0.15, 0.2) is 42.1 Å². The van der Waals surface area contributed by atoms with Crippen LogP contribution in [-0.2, 0) is 14.3 Å². The minimum atomic E-state index is -2.55. The summed E-state index contributed by atoms with van der Waals surface area (Å²) in [7, 11) is 1.50. The van der Waals surface area contributed by atoms with Gasteiger partial charge in [-0.05, 0) is 107 Å². The van der Waals surface area contributed by atoms with Gasteiger partial charge in [-0.25, -0.2) is 8.78 Å². The Morgan fingerprint density at radius 2 is 1.74 bits per heavy atom. The lowest BCUT2D eigenvalue weighted by Crippen LogP contribution is -2.63. The number of alkyl halides is 2. The van der Waals surface area contributed by atoms with Crippen LogP contribution >= 0.6 is 24.2 Å². The van der Waals surface area contributed by atoms with E-state index in [0.29, 0.717) is 35.9 Å². The van der Waals surface area contributed by atoms with Crippen LogP contribution in [0, 0.1) is 31.6 Å². The van der Waals surface area contributed by atoms with Crippen molar-refractivity contribution in [1.82, 2.24) is 9.80 Å². The summed E-state index contributed by atoms with van der Waals surface area (Å²) in [5.41, 5.74) is 8.59. The van der Waals surface area contributed by atoms with Crippen LogP contribution in [-0.4, -0.2) is 86.0 Å². The summed E-state index contributed by atoms with van der Waals surface area (Å²) in [6.07, 6.45) is 8.21. The third-order valence-corrected chi connectivity index (χ3v) is 10.0. The van der Waals surface area contributed by atoms with Crippen molar-refractivity contribution in [2.45, 2.75) is 104 Å². The number of hydrogen-bond donors (Lipinski definition) is 2. The van der Waals surface area contributed by atoms with E-state index in [-0.39, 0.29) is 25.4 Å². The fourth-order valence-electron chi connectivity index (χ4n) is 5.64. The number of hydrogen-bond acceptors (Lipinski definition) is 7. The Morgan fingerprint density at radius 1 is 1.15 bits per heavy atom. The average Bonchev–Trinajstić information content (AvgIpc) is 3.02. The predicted octanol–water partition coefficient (Wildman–Crippen LogP) is 8.35. The van der Waals surface area contributed by atoms with Gasteiger partial charge in [0.1, 0.15) is 6.29 Å². The van der Waals surface area contributed by atoms with Gasteiger partial charge in [0.25, 0.3) is 5.92 Å². The number of likely N-dealkylation sites (tertiary alicyclic amines) is 1. The molecular formula is C37H62ClF2N3O3S. The maximum absolute atomic E-state index is 13.0. The number of nitrogens with two attached hydrogens (primary N) is 1. The first-order valence-corrected chi connectivity index (χ1v) is 18.0. The average molecular weight is 702 g/mol. The van der Waals surface area contributed by atoms with Crippen molar-refractivity contribution in [3.8, 4) is 0 Å². The number of likely N-dealkylation sites (N-methyl/N-ethyl adjacent to an activating group) is 1. The van der Waals surface area contributed by atoms with Crippen LogP contribution in [0.5, 0.6) is 0 Å². The molecule has 4 atom stereocenters. The molecule has 4 rings (SSSR count). The summed E-state index contributed by atoms with van der Waals surface area (Å²) in [5, 5.41) is 1.38. The molecule has 2 heterocycles. The first-order chi connectivity index (χ1) is 22.2. The third-order valence-electron chi connectivity index (χ3n) is 9.26. The number of nitrogens with zero attached hydrogens (tertiary/aromatic N) is 2. The maximum atomic E-state index is 13.0. The minimum absolute atomic E-state index is 0.0557. The first kappa shape index (κ1) is 43.5.